The summed E-state index contributed by atoms with van der Waals surface area (Å²) in [6.07, 6.45) is 2.94. The largest absolute Gasteiger partial charge is 0.276 e. The average molecular weight is 214 g/mol. The van der Waals surface area contributed by atoms with E-state index < -0.39 is 5.24 Å². The first-order valence-electron chi connectivity index (χ1n) is 2.69. The molecule has 0 radical (unpaired) electrons. The molecular formula is C6H10BrClO. The van der Waals surface area contributed by atoms with E-state index in [1.165, 1.54) is 6.08 Å². The lowest BCUT2D eigenvalue weighted by Gasteiger charge is -1.70. The van der Waals surface area contributed by atoms with Gasteiger partial charge in [0.2, 0.25) is 5.24 Å². The van der Waals surface area contributed by atoms with Gasteiger partial charge < -0.3 is 0 Å². The van der Waals surface area contributed by atoms with Crippen LogP contribution in [0.4, 0.5) is 0 Å². The number of alkyl halides is 1. The number of rotatable bonds is 2. The summed E-state index contributed by atoms with van der Waals surface area (Å²) in [6, 6.07) is 0. The van der Waals surface area contributed by atoms with Crippen molar-refractivity contribution in [3.8, 4) is 0 Å². The Morgan fingerprint density at radius 1 is 1.67 bits per heavy atom. The third-order valence-electron chi connectivity index (χ3n) is 0.338. The van der Waals surface area contributed by atoms with Crippen molar-refractivity contribution in [1.29, 1.82) is 0 Å². The van der Waals surface area contributed by atoms with Crippen LogP contribution in [0.15, 0.2) is 12.2 Å². The number of hydrogen-bond acceptors (Lipinski definition) is 1. The second-order valence-corrected chi connectivity index (χ2v) is 1.88. The highest BCUT2D eigenvalue weighted by molar-refractivity contribution is 9.09. The van der Waals surface area contributed by atoms with Crippen LogP contribution < -0.4 is 0 Å². The standard InChI is InChI=1S/C4H4BrClO.C2H6/c5-3-1-2-4(6)7;1-2/h1-2H,3H2;1-2H3/b2-1+;. The molecule has 0 unspecified atom stereocenters. The van der Waals surface area contributed by atoms with Crippen LogP contribution in [0.2, 0.25) is 0 Å². The molecule has 0 fully saturated rings. The zero-order valence-electron chi connectivity index (χ0n) is 5.53. The van der Waals surface area contributed by atoms with E-state index in [0.717, 1.165) is 0 Å². The minimum atomic E-state index is -0.431. The van der Waals surface area contributed by atoms with Crippen LogP contribution in [0.25, 0.3) is 0 Å². The zero-order chi connectivity index (χ0) is 7.70. The van der Waals surface area contributed by atoms with Gasteiger partial charge in [-0.15, -0.1) is 0 Å². The number of halogens is 2. The van der Waals surface area contributed by atoms with Crippen molar-refractivity contribution in [2.45, 2.75) is 13.8 Å². The van der Waals surface area contributed by atoms with Gasteiger partial charge in [-0.1, -0.05) is 35.9 Å². The first-order chi connectivity index (χ1) is 4.27. The number of allylic oxidation sites excluding steroid dienone is 2. The maximum atomic E-state index is 9.86. The van der Waals surface area contributed by atoms with Crippen LogP contribution in [-0.4, -0.2) is 10.6 Å². The molecule has 0 spiro atoms. The van der Waals surface area contributed by atoms with Crippen molar-refractivity contribution in [1.82, 2.24) is 0 Å². The molecule has 0 aromatic rings. The fourth-order valence-corrected chi connectivity index (χ4v) is 0.413. The Balaban J connectivity index is 0. The number of hydrogen-bond donors (Lipinski definition) is 0. The minimum absolute atomic E-state index is 0.431. The van der Waals surface area contributed by atoms with E-state index in [1.54, 1.807) is 6.08 Å². The molecule has 0 amide bonds. The highest BCUT2D eigenvalue weighted by atomic mass is 79.9. The maximum absolute atomic E-state index is 9.86. The van der Waals surface area contributed by atoms with E-state index in [4.69, 9.17) is 11.6 Å². The summed E-state index contributed by atoms with van der Waals surface area (Å²) in [6.45, 7) is 4.00. The summed E-state index contributed by atoms with van der Waals surface area (Å²) in [5.74, 6) is 0. The van der Waals surface area contributed by atoms with E-state index in [-0.39, 0.29) is 0 Å². The van der Waals surface area contributed by atoms with E-state index >= 15 is 0 Å². The molecule has 0 aliphatic heterocycles. The third kappa shape index (κ3) is 17.9. The van der Waals surface area contributed by atoms with Crippen LogP contribution in [-0.2, 0) is 4.79 Å². The van der Waals surface area contributed by atoms with E-state index in [9.17, 15) is 4.79 Å². The monoisotopic (exact) mass is 212 g/mol. The van der Waals surface area contributed by atoms with Gasteiger partial charge in [0.1, 0.15) is 0 Å². The van der Waals surface area contributed by atoms with Gasteiger partial charge >= 0.3 is 0 Å². The molecule has 0 saturated heterocycles. The van der Waals surface area contributed by atoms with Crippen LogP contribution in [0.5, 0.6) is 0 Å². The fourth-order valence-electron chi connectivity index (χ4n) is 0.137. The predicted octanol–water partition coefficient (Wildman–Crippen LogP) is 2.73. The summed E-state index contributed by atoms with van der Waals surface area (Å²) in [5, 5.41) is 0.241. The summed E-state index contributed by atoms with van der Waals surface area (Å²) in [5.41, 5.74) is 0. The van der Waals surface area contributed by atoms with Crippen LogP contribution in [0, 0.1) is 0 Å². The molecule has 54 valence electrons. The van der Waals surface area contributed by atoms with E-state index in [0.29, 0.717) is 5.33 Å². The molecule has 0 aliphatic rings. The predicted molar refractivity (Wildman–Crippen MR) is 45.1 cm³/mol. The molecule has 0 saturated carbocycles. The van der Waals surface area contributed by atoms with Crippen molar-refractivity contribution in [3.05, 3.63) is 12.2 Å². The van der Waals surface area contributed by atoms with Crippen molar-refractivity contribution in [2.75, 3.05) is 5.33 Å². The number of carbonyl (C=O) groups excluding carboxylic acids is 1. The molecule has 0 aromatic heterocycles. The lowest BCUT2D eigenvalue weighted by molar-refractivity contribution is -0.107. The second kappa shape index (κ2) is 11.0. The minimum Gasteiger partial charge on any atom is -0.276 e. The van der Waals surface area contributed by atoms with Crippen molar-refractivity contribution < 1.29 is 4.79 Å². The Kier molecular flexibility index (Phi) is 14.6. The molecule has 0 N–H and O–H groups in total. The molecule has 9 heavy (non-hydrogen) atoms. The van der Waals surface area contributed by atoms with Crippen LogP contribution >= 0.6 is 27.5 Å². The van der Waals surface area contributed by atoms with Gasteiger partial charge in [-0.25, -0.2) is 0 Å². The second-order valence-electron chi connectivity index (χ2n) is 0.861. The Bertz CT molecular complexity index is 91.1. The quantitative estimate of drug-likeness (QED) is 0.392. The van der Waals surface area contributed by atoms with Crippen LogP contribution in [0.1, 0.15) is 13.8 Å². The maximum Gasteiger partial charge on any atom is 0.244 e. The molecule has 0 rings (SSSR count). The van der Waals surface area contributed by atoms with Gasteiger partial charge in [-0.2, -0.15) is 0 Å². The normalized spacial score (nSPS) is 8.44. The van der Waals surface area contributed by atoms with Gasteiger partial charge in [0, 0.05) is 5.33 Å². The fraction of sp³-hybridized carbons (Fsp3) is 0.500. The molecule has 0 heterocycles. The molecule has 1 nitrogen and oxygen atoms in total. The first kappa shape index (κ1) is 11.9. The van der Waals surface area contributed by atoms with E-state index in [2.05, 4.69) is 15.9 Å². The van der Waals surface area contributed by atoms with Crippen molar-refractivity contribution in [3.63, 3.8) is 0 Å². The first-order valence-corrected chi connectivity index (χ1v) is 4.19. The Morgan fingerprint density at radius 3 is 2.22 bits per heavy atom. The molecule has 0 bridgehead atoms. The highest BCUT2D eigenvalue weighted by Crippen LogP contribution is 1.85. The Morgan fingerprint density at radius 2 is 2.11 bits per heavy atom. The molecule has 0 atom stereocenters. The van der Waals surface area contributed by atoms with Crippen molar-refractivity contribution in [2.24, 2.45) is 0 Å². The number of carbonyl (C=O) groups is 1. The van der Waals surface area contributed by atoms with Crippen LogP contribution in [0.3, 0.4) is 0 Å². The smallest absolute Gasteiger partial charge is 0.244 e. The Labute approximate surface area is 69.2 Å². The lowest BCUT2D eigenvalue weighted by atomic mass is 10.6. The summed E-state index contributed by atoms with van der Waals surface area (Å²) in [4.78, 5) is 9.86. The summed E-state index contributed by atoms with van der Waals surface area (Å²) in [7, 11) is 0. The van der Waals surface area contributed by atoms with E-state index in [1.807, 2.05) is 13.8 Å². The van der Waals surface area contributed by atoms with Gasteiger partial charge in [-0.05, 0) is 17.7 Å². The van der Waals surface area contributed by atoms with Gasteiger partial charge in [0.15, 0.2) is 0 Å². The molecule has 3 heteroatoms. The zero-order valence-corrected chi connectivity index (χ0v) is 7.87. The third-order valence-corrected chi connectivity index (χ3v) is 0.838. The lowest BCUT2D eigenvalue weighted by Crippen LogP contribution is -1.73. The van der Waals surface area contributed by atoms with Gasteiger partial charge in [0.25, 0.3) is 0 Å². The highest BCUT2D eigenvalue weighted by Gasteiger charge is 1.79. The van der Waals surface area contributed by atoms with Crippen molar-refractivity contribution >= 4 is 32.8 Å². The van der Waals surface area contributed by atoms with Gasteiger partial charge in [-0.3, -0.25) is 4.79 Å². The molecule has 0 aromatic carbocycles. The SMILES string of the molecule is CC.O=C(Cl)/C=C/CBr. The molecular weight excluding hydrogens is 203 g/mol. The topological polar surface area (TPSA) is 17.1 Å². The summed E-state index contributed by atoms with van der Waals surface area (Å²) >= 11 is 7.99. The average Bonchev–Trinajstić information content (AvgIpc) is 1.88. The van der Waals surface area contributed by atoms with Gasteiger partial charge in [0.05, 0.1) is 0 Å². The summed E-state index contributed by atoms with van der Waals surface area (Å²) < 4.78 is 0. The molecule has 0 aliphatic carbocycles. The Hall–Kier alpha value is 0.180.